The molecule has 76 valence electrons. The van der Waals surface area contributed by atoms with Crippen LogP contribution in [-0.2, 0) is 4.79 Å². The van der Waals surface area contributed by atoms with Gasteiger partial charge >= 0.3 is 5.97 Å². The summed E-state index contributed by atoms with van der Waals surface area (Å²) in [6, 6.07) is 2.77. The normalized spacial score (nSPS) is 12.5. The summed E-state index contributed by atoms with van der Waals surface area (Å²) in [6.45, 7) is 0. The summed E-state index contributed by atoms with van der Waals surface area (Å²) in [5.41, 5.74) is 0.0475. The maximum absolute atomic E-state index is 12.6. The van der Waals surface area contributed by atoms with Crippen LogP contribution in [0.2, 0.25) is 0 Å². The number of aliphatic hydroxyl groups is 1. The van der Waals surface area contributed by atoms with E-state index in [-0.39, 0.29) is 5.56 Å². The molecule has 0 saturated carbocycles. The van der Waals surface area contributed by atoms with Gasteiger partial charge in [0.05, 0.1) is 12.5 Å². The first-order valence-electron chi connectivity index (χ1n) is 3.85. The third-order valence-corrected chi connectivity index (χ3v) is 1.70. The molecular formula is C9H8F2O3. The molecule has 0 fully saturated rings. The number of hydrogen-bond acceptors (Lipinski definition) is 2. The average molecular weight is 202 g/mol. The van der Waals surface area contributed by atoms with Gasteiger partial charge in [-0.2, -0.15) is 0 Å². The lowest BCUT2D eigenvalue weighted by atomic mass is 10.1. The van der Waals surface area contributed by atoms with E-state index in [2.05, 4.69) is 0 Å². The zero-order valence-corrected chi connectivity index (χ0v) is 7.08. The van der Waals surface area contributed by atoms with E-state index in [1.807, 2.05) is 0 Å². The Bertz CT molecular complexity index is 352. The minimum absolute atomic E-state index is 0.0475. The molecule has 0 radical (unpaired) electrons. The Morgan fingerprint density at radius 1 is 1.36 bits per heavy atom. The third kappa shape index (κ3) is 2.50. The second kappa shape index (κ2) is 4.15. The summed E-state index contributed by atoms with van der Waals surface area (Å²) in [6.07, 6.45) is -1.85. The number of carboxylic acid groups (broad SMARTS) is 1. The Kier molecular flexibility index (Phi) is 3.14. The standard InChI is InChI=1S/C9H8F2O3/c10-6-2-1-5(3-7(6)11)8(12)4-9(13)14/h1-3,8,12H,4H2,(H,13,14)/t8-/m0/s1. The minimum atomic E-state index is -1.32. The molecular weight excluding hydrogens is 194 g/mol. The minimum Gasteiger partial charge on any atom is -0.481 e. The molecule has 2 N–H and O–H groups in total. The molecule has 0 spiro atoms. The number of halogens is 2. The van der Waals surface area contributed by atoms with E-state index < -0.39 is 30.1 Å². The average Bonchev–Trinajstić information content (AvgIpc) is 2.08. The lowest BCUT2D eigenvalue weighted by Gasteiger charge is -2.07. The van der Waals surface area contributed by atoms with Gasteiger partial charge in [-0.25, -0.2) is 8.78 Å². The van der Waals surface area contributed by atoms with Gasteiger partial charge in [-0.3, -0.25) is 4.79 Å². The Balaban J connectivity index is 2.85. The van der Waals surface area contributed by atoms with Crippen LogP contribution in [0.4, 0.5) is 8.78 Å². The molecule has 0 aliphatic rings. The van der Waals surface area contributed by atoms with E-state index in [1.54, 1.807) is 0 Å². The molecule has 0 aromatic heterocycles. The van der Waals surface area contributed by atoms with Gasteiger partial charge < -0.3 is 10.2 Å². The van der Waals surface area contributed by atoms with E-state index in [0.717, 1.165) is 18.2 Å². The van der Waals surface area contributed by atoms with Gasteiger partial charge in [0.2, 0.25) is 0 Å². The molecule has 0 saturated heterocycles. The van der Waals surface area contributed by atoms with Crippen molar-refractivity contribution >= 4 is 5.97 Å². The fourth-order valence-electron chi connectivity index (χ4n) is 1.00. The van der Waals surface area contributed by atoms with Crippen LogP contribution in [0.25, 0.3) is 0 Å². The predicted molar refractivity (Wildman–Crippen MR) is 43.6 cm³/mol. The van der Waals surface area contributed by atoms with Crippen molar-refractivity contribution in [1.82, 2.24) is 0 Å². The smallest absolute Gasteiger partial charge is 0.306 e. The molecule has 14 heavy (non-hydrogen) atoms. The van der Waals surface area contributed by atoms with E-state index in [1.165, 1.54) is 0 Å². The number of hydrogen-bond donors (Lipinski definition) is 2. The molecule has 0 aliphatic heterocycles. The van der Waals surface area contributed by atoms with Gasteiger partial charge in [0.25, 0.3) is 0 Å². The molecule has 0 heterocycles. The summed E-state index contributed by atoms with van der Waals surface area (Å²) >= 11 is 0. The fraction of sp³-hybridized carbons (Fsp3) is 0.222. The van der Waals surface area contributed by atoms with Crippen LogP contribution in [0.15, 0.2) is 18.2 Å². The van der Waals surface area contributed by atoms with Crippen LogP contribution in [0.5, 0.6) is 0 Å². The first kappa shape index (κ1) is 10.6. The van der Waals surface area contributed by atoms with Crippen molar-refractivity contribution < 1.29 is 23.8 Å². The topological polar surface area (TPSA) is 57.5 Å². The first-order valence-corrected chi connectivity index (χ1v) is 3.85. The highest BCUT2D eigenvalue weighted by Crippen LogP contribution is 2.18. The number of benzene rings is 1. The van der Waals surface area contributed by atoms with Gasteiger partial charge in [0, 0.05) is 0 Å². The second-order valence-electron chi connectivity index (χ2n) is 2.79. The zero-order valence-electron chi connectivity index (χ0n) is 7.08. The van der Waals surface area contributed by atoms with Gasteiger partial charge in [-0.1, -0.05) is 6.07 Å². The van der Waals surface area contributed by atoms with Gasteiger partial charge in [-0.15, -0.1) is 0 Å². The quantitative estimate of drug-likeness (QED) is 0.780. The molecule has 0 unspecified atom stereocenters. The molecule has 5 heteroatoms. The van der Waals surface area contributed by atoms with Crippen LogP contribution in [-0.4, -0.2) is 16.2 Å². The molecule has 1 aromatic rings. The summed E-state index contributed by atoms with van der Waals surface area (Å²) in [5.74, 6) is -3.34. The second-order valence-corrected chi connectivity index (χ2v) is 2.79. The lowest BCUT2D eigenvalue weighted by Crippen LogP contribution is -2.05. The van der Waals surface area contributed by atoms with Crippen molar-refractivity contribution in [2.75, 3.05) is 0 Å². The van der Waals surface area contributed by atoms with E-state index in [9.17, 15) is 18.7 Å². The predicted octanol–water partition coefficient (Wildman–Crippen LogP) is 1.47. The van der Waals surface area contributed by atoms with Crippen molar-refractivity contribution in [3.8, 4) is 0 Å². The molecule has 0 aliphatic carbocycles. The van der Waals surface area contributed by atoms with E-state index >= 15 is 0 Å². The zero-order chi connectivity index (χ0) is 10.7. The largest absolute Gasteiger partial charge is 0.481 e. The highest BCUT2D eigenvalue weighted by atomic mass is 19.2. The summed E-state index contributed by atoms with van der Waals surface area (Å²) in [7, 11) is 0. The monoisotopic (exact) mass is 202 g/mol. The van der Waals surface area contributed by atoms with Crippen LogP contribution in [0.3, 0.4) is 0 Å². The number of carbonyl (C=O) groups is 1. The van der Waals surface area contributed by atoms with E-state index in [0.29, 0.717) is 0 Å². The summed E-state index contributed by atoms with van der Waals surface area (Å²) in [5, 5.41) is 17.6. The third-order valence-electron chi connectivity index (χ3n) is 1.70. The molecule has 0 amide bonds. The Morgan fingerprint density at radius 2 is 2.00 bits per heavy atom. The highest BCUT2D eigenvalue weighted by molar-refractivity contribution is 5.67. The molecule has 1 atom stereocenters. The molecule has 0 bridgehead atoms. The Labute approximate surface area is 78.6 Å². The molecule has 1 aromatic carbocycles. The summed E-state index contributed by atoms with van der Waals surface area (Å²) in [4.78, 5) is 10.2. The number of aliphatic hydroxyl groups excluding tert-OH is 1. The van der Waals surface area contributed by atoms with Crippen LogP contribution < -0.4 is 0 Å². The van der Waals surface area contributed by atoms with Crippen molar-refractivity contribution in [1.29, 1.82) is 0 Å². The highest BCUT2D eigenvalue weighted by Gasteiger charge is 2.13. The van der Waals surface area contributed by atoms with Crippen molar-refractivity contribution in [2.24, 2.45) is 0 Å². The summed E-state index contributed by atoms with van der Waals surface area (Å²) < 4.78 is 25.1. The maximum atomic E-state index is 12.6. The van der Waals surface area contributed by atoms with Gasteiger partial charge in [-0.05, 0) is 17.7 Å². The van der Waals surface area contributed by atoms with Crippen LogP contribution >= 0.6 is 0 Å². The van der Waals surface area contributed by atoms with Gasteiger partial charge in [0.1, 0.15) is 0 Å². The molecule has 1 rings (SSSR count). The SMILES string of the molecule is O=C(O)C[C@H](O)c1ccc(F)c(F)c1. The van der Waals surface area contributed by atoms with Crippen LogP contribution in [0.1, 0.15) is 18.1 Å². The van der Waals surface area contributed by atoms with E-state index in [4.69, 9.17) is 5.11 Å². The molecule has 3 nitrogen and oxygen atoms in total. The Hall–Kier alpha value is -1.49. The first-order chi connectivity index (χ1) is 6.50. The lowest BCUT2D eigenvalue weighted by molar-refractivity contribution is -0.139. The number of aliphatic carboxylic acids is 1. The number of rotatable bonds is 3. The van der Waals surface area contributed by atoms with Crippen molar-refractivity contribution in [3.05, 3.63) is 35.4 Å². The van der Waals surface area contributed by atoms with Crippen molar-refractivity contribution in [2.45, 2.75) is 12.5 Å². The van der Waals surface area contributed by atoms with Crippen LogP contribution in [0, 0.1) is 11.6 Å². The maximum Gasteiger partial charge on any atom is 0.306 e. The van der Waals surface area contributed by atoms with Crippen molar-refractivity contribution in [3.63, 3.8) is 0 Å². The number of carboxylic acids is 1. The fourth-order valence-corrected chi connectivity index (χ4v) is 1.00. The van der Waals surface area contributed by atoms with Gasteiger partial charge in [0.15, 0.2) is 11.6 Å². The Morgan fingerprint density at radius 3 is 2.50 bits per heavy atom.